The molecule has 21 heavy (non-hydrogen) atoms. The second kappa shape index (κ2) is 5.65. The summed E-state index contributed by atoms with van der Waals surface area (Å²) < 4.78 is 27.8. The zero-order valence-electron chi connectivity index (χ0n) is 12.3. The fourth-order valence-corrected chi connectivity index (χ4v) is 4.20. The number of nitrogens with two attached hydrogens (primary N) is 1. The fraction of sp³-hybridized carbons (Fsp3) is 0.500. The summed E-state index contributed by atoms with van der Waals surface area (Å²) in [5.41, 5.74) is 6.68. The Kier molecular flexibility index (Phi) is 4.25. The standard InChI is InChI=1S/C14H21N3O3S/c1-10-5-6-12(9-11(10)2)21(19,20)17-14(13(15)16-18)7-3-4-8-14/h5-6,9,17-18H,3-4,7-8H2,1-2H3,(H2,15,16). The van der Waals surface area contributed by atoms with E-state index >= 15 is 0 Å². The minimum atomic E-state index is -3.72. The van der Waals surface area contributed by atoms with Crippen LogP contribution in [0.2, 0.25) is 0 Å². The highest BCUT2D eigenvalue weighted by atomic mass is 32.2. The molecule has 1 aromatic carbocycles. The largest absolute Gasteiger partial charge is 0.409 e. The lowest BCUT2D eigenvalue weighted by Gasteiger charge is -2.28. The summed E-state index contributed by atoms with van der Waals surface area (Å²) in [5.74, 6) is -0.0765. The Bertz CT molecular complexity index is 662. The average Bonchev–Trinajstić information content (AvgIpc) is 2.89. The first-order valence-corrected chi connectivity index (χ1v) is 8.38. The van der Waals surface area contributed by atoms with Crippen LogP contribution in [0.25, 0.3) is 0 Å². The number of nitrogens with one attached hydrogen (secondary N) is 1. The van der Waals surface area contributed by atoms with Gasteiger partial charge in [-0.3, -0.25) is 0 Å². The minimum absolute atomic E-state index is 0.0765. The second-order valence-electron chi connectivity index (χ2n) is 5.63. The summed E-state index contributed by atoms with van der Waals surface area (Å²) >= 11 is 0. The fourth-order valence-electron chi connectivity index (χ4n) is 2.68. The van der Waals surface area contributed by atoms with Crippen LogP contribution >= 0.6 is 0 Å². The summed E-state index contributed by atoms with van der Waals surface area (Å²) in [6.45, 7) is 3.79. The van der Waals surface area contributed by atoms with Crippen LogP contribution in [0.4, 0.5) is 0 Å². The molecule has 7 heteroatoms. The molecule has 1 aliphatic carbocycles. The van der Waals surface area contributed by atoms with Gasteiger partial charge in [0.25, 0.3) is 0 Å². The van der Waals surface area contributed by atoms with Gasteiger partial charge >= 0.3 is 0 Å². The maximum absolute atomic E-state index is 12.6. The van der Waals surface area contributed by atoms with E-state index in [-0.39, 0.29) is 10.7 Å². The van der Waals surface area contributed by atoms with E-state index in [1.165, 1.54) is 0 Å². The molecular weight excluding hydrogens is 290 g/mol. The molecule has 0 saturated heterocycles. The van der Waals surface area contributed by atoms with Gasteiger partial charge in [0.1, 0.15) is 0 Å². The molecule has 0 heterocycles. The molecule has 0 amide bonds. The van der Waals surface area contributed by atoms with Crippen LogP contribution in [0.3, 0.4) is 0 Å². The zero-order valence-corrected chi connectivity index (χ0v) is 13.1. The van der Waals surface area contributed by atoms with Gasteiger partial charge in [-0.2, -0.15) is 4.72 Å². The van der Waals surface area contributed by atoms with E-state index < -0.39 is 15.6 Å². The molecule has 1 fully saturated rings. The van der Waals surface area contributed by atoms with Gasteiger partial charge < -0.3 is 10.9 Å². The summed E-state index contributed by atoms with van der Waals surface area (Å²) in [7, 11) is -3.72. The monoisotopic (exact) mass is 311 g/mol. The number of rotatable bonds is 4. The van der Waals surface area contributed by atoms with E-state index in [1.54, 1.807) is 18.2 Å². The van der Waals surface area contributed by atoms with Crippen LogP contribution in [0, 0.1) is 13.8 Å². The summed E-state index contributed by atoms with van der Waals surface area (Å²) in [5, 5.41) is 12.0. The third kappa shape index (κ3) is 3.03. The van der Waals surface area contributed by atoms with Crippen molar-refractivity contribution in [3.63, 3.8) is 0 Å². The normalized spacial score (nSPS) is 18.9. The molecule has 0 unspecified atom stereocenters. The van der Waals surface area contributed by atoms with Crippen LogP contribution in [0.1, 0.15) is 36.8 Å². The number of amidine groups is 1. The summed E-state index contributed by atoms with van der Waals surface area (Å²) in [4.78, 5) is 0.197. The lowest BCUT2D eigenvalue weighted by atomic mass is 9.98. The molecule has 6 nitrogen and oxygen atoms in total. The van der Waals surface area contributed by atoms with Gasteiger partial charge in [0.2, 0.25) is 10.0 Å². The Morgan fingerprint density at radius 1 is 1.29 bits per heavy atom. The molecule has 0 aliphatic heterocycles. The van der Waals surface area contributed by atoms with Crippen LogP contribution < -0.4 is 10.5 Å². The van der Waals surface area contributed by atoms with Crippen molar-refractivity contribution in [1.29, 1.82) is 0 Å². The van der Waals surface area contributed by atoms with Crippen LogP contribution in [-0.2, 0) is 10.0 Å². The number of hydrogen-bond acceptors (Lipinski definition) is 4. The van der Waals surface area contributed by atoms with Crippen LogP contribution in [-0.4, -0.2) is 25.0 Å². The highest BCUT2D eigenvalue weighted by molar-refractivity contribution is 7.89. The number of sulfonamides is 1. The van der Waals surface area contributed by atoms with E-state index in [0.717, 1.165) is 24.0 Å². The van der Waals surface area contributed by atoms with E-state index in [4.69, 9.17) is 10.9 Å². The van der Waals surface area contributed by atoms with E-state index in [1.807, 2.05) is 13.8 Å². The average molecular weight is 311 g/mol. The number of benzene rings is 1. The van der Waals surface area contributed by atoms with Crippen molar-refractivity contribution >= 4 is 15.9 Å². The van der Waals surface area contributed by atoms with Gasteiger partial charge in [-0.15, -0.1) is 0 Å². The molecule has 2 rings (SSSR count). The highest BCUT2D eigenvalue weighted by Crippen LogP contribution is 2.31. The first kappa shape index (κ1) is 15.8. The highest BCUT2D eigenvalue weighted by Gasteiger charge is 2.42. The number of oxime groups is 1. The maximum Gasteiger partial charge on any atom is 0.241 e. The predicted octanol–water partition coefficient (Wildman–Crippen LogP) is 1.64. The van der Waals surface area contributed by atoms with E-state index in [0.29, 0.717) is 12.8 Å². The van der Waals surface area contributed by atoms with E-state index in [2.05, 4.69) is 9.88 Å². The molecule has 4 N–H and O–H groups in total. The Labute approximate surface area is 125 Å². The van der Waals surface area contributed by atoms with Gasteiger partial charge in [0.15, 0.2) is 5.84 Å². The van der Waals surface area contributed by atoms with Crippen molar-refractivity contribution in [2.24, 2.45) is 10.9 Å². The Morgan fingerprint density at radius 3 is 2.43 bits per heavy atom. The zero-order chi connectivity index (χ0) is 15.7. The maximum atomic E-state index is 12.6. The van der Waals surface area contributed by atoms with Crippen LogP contribution in [0.5, 0.6) is 0 Å². The molecular formula is C14H21N3O3S. The Balaban J connectivity index is 2.37. The number of hydrogen-bond donors (Lipinski definition) is 3. The molecule has 1 aromatic rings. The quantitative estimate of drug-likeness (QED) is 0.340. The second-order valence-corrected chi connectivity index (χ2v) is 7.31. The third-order valence-electron chi connectivity index (χ3n) is 4.17. The number of nitrogens with zero attached hydrogens (tertiary/aromatic N) is 1. The molecule has 0 radical (unpaired) electrons. The van der Waals surface area contributed by atoms with Crippen molar-refractivity contribution in [2.75, 3.05) is 0 Å². The minimum Gasteiger partial charge on any atom is -0.409 e. The van der Waals surface area contributed by atoms with Gasteiger partial charge in [-0.25, -0.2) is 8.42 Å². The molecule has 116 valence electrons. The lowest BCUT2D eigenvalue weighted by Crippen LogP contribution is -2.55. The molecule has 1 saturated carbocycles. The Morgan fingerprint density at radius 2 is 1.90 bits per heavy atom. The predicted molar refractivity (Wildman–Crippen MR) is 80.8 cm³/mol. The lowest BCUT2D eigenvalue weighted by molar-refractivity contribution is 0.309. The molecule has 0 bridgehead atoms. The van der Waals surface area contributed by atoms with Crippen molar-refractivity contribution < 1.29 is 13.6 Å². The molecule has 0 aromatic heterocycles. The smallest absolute Gasteiger partial charge is 0.241 e. The van der Waals surface area contributed by atoms with Gasteiger partial charge in [-0.1, -0.05) is 24.1 Å². The Hall–Kier alpha value is -1.60. The topological polar surface area (TPSA) is 105 Å². The summed E-state index contributed by atoms with van der Waals surface area (Å²) in [6.07, 6.45) is 2.75. The molecule has 0 spiro atoms. The summed E-state index contributed by atoms with van der Waals surface area (Å²) in [6, 6.07) is 4.97. The van der Waals surface area contributed by atoms with Crippen molar-refractivity contribution in [3.8, 4) is 0 Å². The van der Waals surface area contributed by atoms with E-state index in [9.17, 15) is 8.42 Å². The SMILES string of the molecule is Cc1ccc(S(=O)(=O)NC2(/C(N)=N/O)CCCC2)cc1C. The first-order chi connectivity index (χ1) is 9.81. The van der Waals surface area contributed by atoms with Crippen molar-refractivity contribution in [1.82, 2.24) is 4.72 Å². The van der Waals surface area contributed by atoms with Crippen molar-refractivity contribution in [3.05, 3.63) is 29.3 Å². The van der Waals surface area contributed by atoms with Gasteiger partial charge in [0.05, 0.1) is 10.4 Å². The molecule has 1 aliphatic rings. The molecule has 0 atom stereocenters. The number of aryl methyl sites for hydroxylation is 2. The van der Waals surface area contributed by atoms with Gasteiger partial charge in [-0.05, 0) is 49.9 Å². The van der Waals surface area contributed by atoms with Gasteiger partial charge in [0, 0.05) is 0 Å². The van der Waals surface area contributed by atoms with Crippen LogP contribution in [0.15, 0.2) is 28.3 Å². The third-order valence-corrected chi connectivity index (χ3v) is 5.71. The van der Waals surface area contributed by atoms with Crippen molar-refractivity contribution in [2.45, 2.75) is 50.0 Å². The first-order valence-electron chi connectivity index (χ1n) is 6.90.